The lowest BCUT2D eigenvalue weighted by molar-refractivity contribution is 0.329. The second-order valence-electron chi connectivity index (χ2n) is 4.58. The van der Waals surface area contributed by atoms with Gasteiger partial charge in [0.25, 0.3) is 0 Å². The van der Waals surface area contributed by atoms with Gasteiger partial charge in [0.15, 0.2) is 0 Å². The Balaban J connectivity index is 2.26. The van der Waals surface area contributed by atoms with Crippen LogP contribution in [0.1, 0.15) is 27.2 Å². The lowest BCUT2D eigenvalue weighted by Gasteiger charge is -2.28. The molecule has 1 fully saturated rings. The fourth-order valence-corrected chi connectivity index (χ4v) is 2.60. The molecule has 1 nitrogen and oxygen atoms in total. The van der Waals surface area contributed by atoms with E-state index in [1.54, 1.807) is 11.1 Å². The monoisotopic (exact) mass is 165 g/mol. The highest BCUT2D eigenvalue weighted by Crippen LogP contribution is 2.34. The SMILES string of the molecule is CC1=C(C(C)C)CN2CCC1C2. The van der Waals surface area contributed by atoms with E-state index in [0.717, 1.165) is 11.8 Å². The predicted molar refractivity (Wildman–Crippen MR) is 52.1 cm³/mol. The molecule has 2 unspecified atom stereocenters. The van der Waals surface area contributed by atoms with Crippen molar-refractivity contribution >= 4 is 0 Å². The van der Waals surface area contributed by atoms with Gasteiger partial charge in [-0.1, -0.05) is 25.0 Å². The maximum Gasteiger partial charge on any atom is 0.0198 e. The summed E-state index contributed by atoms with van der Waals surface area (Å²) in [5, 5.41) is 0. The van der Waals surface area contributed by atoms with Crippen LogP contribution in [-0.2, 0) is 0 Å². The van der Waals surface area contributed by atoms with Crippen LogP contribution in [0.3, 0.4) is 0 Å². The molecule has 0 spiro atoms. The van der Waals surface area contributed by atoms with Gasteiger partial charge < -0.3 is 0 Å². The van der Waals surface area contributed by atoms with Crippen LogP contribution in [0.15, 0.2) is 11.1 Å². The van der Waals surface area contributed by atoms with E-state index in [1.165, 1.54) is 26.1 Å². The first kappa shape index (κ1) is 8.31. The average Bonchev–Trinajstić information content (AvgIpc) is 2.41. The molecule has 68 valence electrons. The van der Waals surface area contributed by atoms with E-state index in [4.69, 9.17) is 0 Å². The van der Waals surface area contributed by atoms with Crippen LogP contribution in [0.5, 0.6) is 0 Å². The van der Waals surface area contributed by atoms with Crippen molar-refractivity contribution in [2.75, 3.05) is 19.6 Å². The van der Waals surface area contributed by atoms with E-state index in [1.807, 2.05) is 0 Å². The third-order valence-corrected chi connectivity index (χ3v) is 3.48. The Bertz CT molecular complexity index is 215. The Kier molecular flexibility index (Phi) is 1.99. The molecule has 1 saturated heterocycles. The van der Waals surface area contributed by atoms with Gasteiger partial charge in [0.05, 0.1) is 0 Å². The zero-order chi connectivity index (χ0) is 8.72. The highest BCUT2D eigenvalue weighted by atomic mass is 15.2. The normalized spacial score (nSPS) is 35.0. The minimum absolute atomic E-state index is 0.758. The summed E-state index contributed by atoms with van der Waals surface area (Å²) in [6.45, 7) is 10.9. The van der Waals surface area contributed by atoms with Gasteiger partial charge in [-0.2, -0.15) is 0 Å². The van der Waals surface area contributed by atoms with Crippen molar-refractivity contribution in [3.8, 4) is 0 Å². The second-order valence-corrected chi connectivity index (χ2v) is 4.58. The van der Waals surface area contributed by atoms with Crippen molar-refractivity contribution < 1.29 is 0 Å². The first-order chi connectivity index (χ1) is 5.68. The molecule has 0 aliphatic carbocycles. The van der Waals surface area contributed by atoms with Gasteiger partial charge in [-0.05, 0) is 31.7 Å². The largest absolute Gasteiger partial charge is 0.299 e. The number of rotatable bonds is 1. The molecule has 0 aromatic heterocycles. The molecule has 2 heterocycles. The Hall–Kier alpha value is -0.300. The summed E-state index contributed by atoms with van der Waals surface area (Å²) >= 11 is 0. The molecule has 1 heteroatoms. The summed E-state index contributed by atoms with van der Waals surface area (Å²) in [4.78, 5) is 2.60. The molecule has 0 saturated carbocycles. The van der Waals surface area contributed by atoms with Crippen LogP contribution in [0.4, 0.5) is 0 Å². The van der Waals surface area contributed by atoms with Gasteiger partial charge in [0.2, 0.25) is 0 Å². The van der Waals surface area contributed by atoms with E-state index in [0.29, 0.717) is 0 Å². The van der Waals surface area contributed by atoms with Crippen molar-refractivity contribution in [3.05, 3.63) is 11.1 Å². The van der Waals surface area contributed by atoms with Crippen molar-refractivity contribution in [1.29, 1.82) is 0 Å². The molecule has 0 radical (unpaired) electrons. The maximum absolute atomic E-state index is 2.60. The highest BCUT2D eigenvalue weighted by Gasteiger charge is 2.31. The molecule has 2 rings (SSSR count). The zero-order valence-electron chi connectivity index (χ0n) is 8.43. The topological polar surface area (TPSA) is 3.24 Å². The van der Waals surface area contributed by atoms with Crippen LogP contribution in [0.25, 0.3) is 0 Å². The minimum atomic E-state index is 0.758. The number of hydrogen-bond acceptors (Lipinski definition) is 1. The van der Waals surface area contributed by atoms with Gasteiger partial charge in [-0.3, -0.25) is 4.90 Å². The van der Waals surface area contributed by atoms with Gasteiger partial charge >= 0.3 is 0 Å². The quantitative estimate of drug-likeness (QED) is 0.539. The van der Waals surface area contributed by atoms with Gasteiger partial charge in [0.1, 0.15) is 0 Å². The highest BCUT2D eigenvalue weighted by molar-refractivity contribution is 5.23. The van der Waals surface area contributed by atoms with E-state index in [2.05, 4.69) is 25.7 Å². The first-order valence-corrected chi connectivity index (χ1v) is 5.10. The van der Waals surface area contributed by atoms with Crippen LogP contribution in [0.2, 0.25) is 0 Å². The standard InChI is InChI=1S/C11H19N/c1-8(2)11-7-12-5-4-10(6-12)9(11)3/h8,10H,4-7H2,1-3H3. The second kappa shape index (κ2) is 2.88. The Morgan fingerprint density at radius 1 is 1.42 bits per heavy atom. The summed E-state index contributed by atoms with van der Waals surface area (Å²) in [5.74, 6) is 1.66. The lowest BCUT2D eigenvalue weighted by Crippen LogP contribution is -2.30. The van der Waals surface area contributed by atoms with Crippen molar-refractivity contribution in [2.45, 2.75) is 27.2 Å². The summed E-state index contributed by atoms with van der Waals surface area (Å²) < 4.78 is 0. The Morgan fingerprint density at radius 3 is 2.83 bits per heavy atom. The van der Waals surface area contributed by atoms with Crippen LogP contribution >= 0.6 is 0 Å². The Morgan fingerprint density at radius 2 is 2.17 bits per heavy atom. The molecule has 0 aromatic rings. The summed E-state index contributed by atoms with van der Waals surface area (Å²) in [6.07, 6.45) is 1.40. The van der Waals surface area contributed by atoms with Gasteiger partial charge in [-0.15, -0.1) is 0 Å². The van der Waals surface area contributed by atoms with Gasteiger partial charge in [-0.25, -0.2) is 0 Å². The third kappa shape index (κ3) is 1.20. The predicted octanol–water partition coefficient (Wildman–Crippen LogP) is 2.29. The number of fused-ring (bicyclic) bond motifs is 2. The lowest BCUT2D eigenvalue weighted by atomic mass is 9.87. The van der Waals surface area contributed by atoms with Crippen LogP contribution in [0, 0.1) is 11.8 Å². The van der Waals surface area contributed by atoms with Crippen molar-refractivity contribution in [1.82, 2.24) is 4.90 Å². The summed E-state index contributed by atoms with van der Waals surface area (Å²) in [5.41, 5.74) is 3.42. The van der Waals surface area contributed by atoms with E-state index < -0.39 is 0 Å². The maximum atomic E-state index is 2.60. The first-order valence-electron chi connectivity index (χ1n) is 5.10. The van der Waals surface area contributed by atoms with Gasteiger partial charge in [0, 0.05) is 13.1 Å². The molecule has 0 N–H and O–H groups in total. The molecule has 2 atom stereocenters. The average molecular weight is 165 g/mol. The smallest absolute Gasteiger partial charge is 0.0198 e. The number of nitrogens with zero attached hydrogens (tertiary/aromatic N) is 1. The number of hydrogen-bond donors (Lipinski definition) is 0. The Labute approximate surface area is 75.4 Å². The van der Waals surface area contributed by atoms with Crippen LogP contribution in [-0.4, -0.2) is 24.5 Å². The summed E-state index contributed by atoms with van der Waals surface area (Å²) in [6, 6.07) is 0. The fourth-order valence-electron chi connectivity index (χ4n) is 2.60. The van der Waals surface area contributed by atoms with E-state index in [-0.39, 0.29) is 0 Å². The van der Waals surface area contributed by atoms with Crippen molar-refractivity contribution in [2.24, 2.45) is 11.8 Å². The molecule has 0 amide bonds. The molecular weight excluding hydrogens is 146 g/mol. The summed E-state index contributed by atoms with van der Waals surface area (Å²) in [7, 11) is 0. The molecular formula is C11H19N. The third-order valence-electron chi connectivity index (χ3n) is 3.48. The van der Waals surface area contributed by atoms with E-state index >= 15 is 0 Å². The zero-order valence-corrected chi connectivity index (χ0v) is 8.43. The molecule has 12 heavy (non-hydrogen) atoms. The fraction of sp³-hybridized carbons (Fsp3) is 0.818. The molecule has 2 bridgehead atoms. The van der Waals surface area contributed by atoms with E-state index in [9.17, 15) is 0 Å². The molecule has 0 aromatic carbocycles. The van der Waals surface area contributed by atoms with Crippen LogP contribution < -0.4 is 0 Å². The minimum Gasteiger partial charge on any atom is -0.299 e. The molecule has 2 aliphatic heterocycles. The molecule has 2 aliphatic rings. The van der Waals surface area contributed by atoms with Crippen molar-refractivity contribution in [3.63, 3.8) is 0 Å².